The quantitative estimate of drug-likeness (QED) is 0.577. The summed E-state index contributed by atoms with van der Waals surface area (Å²) < 4.78 is 11.7. The summed E-state index contributed by atoms with van der Waals surface area (Å²) in [7, 11) is -2.52. The average Bonchev–Trinajstić information content (AvgIpc) is 2.96. The predicted molar refractivity (Wildman–Crippen MR) is 118 cm³/mol. The lowest BCUT2D eigenvalue weighted by atomic mass is 9.46. The minimum Gasteiger partial charge on any atom is -0.352 e. The average molecular weight is 422 g/mol. The number of fused-ring (bicyclic) bond motifs is 5. The minimum atomic E-state index is -2.52. The van der Waals surface area contributed by atoms with Crippen LogP contribution in [0.2, 0.25) is 0 Å². The number of carbonyl (C=O) groups excluding carboxylic acids is 1. The van der Waals surface area contributed by atoms with Crippen molar-refractivity contribution in [3.05, 3.63) is 11.4 Å². The second-order valence-corrected chi connectivity index (χ2v) is 13.2. The first-order valence-electron chi connectivity index (χ1n) is 11.7. The molecule has 0 radical (unpaired) electrons. The van der Waals surface area contributed by atoms with E-state index >= 15 is 0 Å². The van der Waals surface area contributed by atoms with Gasteiger partial charge in [-0.15, -0.1) is 0 Å². The number of hydrogen-bond donors (Lipinski definition) is 2. The molecule has 29 heavy (non-hydrogen) atoms. The molecule has 4 rings (SSSR count). The molecule has 2 N–H and O–H groups in total. The fourth-order valence-electron chi connectivity index (χ4n) is 7.65. The summed E-state index contributed by atoms with van der Waals surface area (Å²) in [6, 6.07) is 0.309. The van der Waals surface area contributed by atoms with Gasteiger partial charge >= 0.3 is 0 Å². The maximum Gasteiger partial charge on any atom is 0.225 e. The van der Waals surface area contributed by atoms with Crippen molar-refractivity contribution in [1.29, 1.82) is 0 Å². The van der Waals surface area contributed by atoms with Crippen LogP contribution in [0.15, 0.2) is 11.4 Å². The highest BCUT2D eigenvalue weighted by molar-refractivity contribution is 7.43. The molecular weight excluding hydrogens is 381 g/mol. The van der Waals surface area contributed by atoms with E-state index in [9.17, 15) is 14.3 Å². The molecule has 4 nitrogen and oxygen atoms in total. The third-order valence-corrected chi connectivity index (χ3v) is 10.5. The second kappa shape index (κ2) is 7.23. The predicted octanol–water partition coefficient (Wildman–Crippen LogP) is 5.52. The van der Waals surface area contributed by atoms with Crippen LogP contribution in [0.5, 0.6) is 0 Å². The normalized spacial score (nSPS) is 45.4. The van der Waals surface area contributed by atoms with E-state index in [1.54, 1.807) is 0 Å². The Hall–Kier alpha value is -0.600. The van der Waals surface area contributed by atoms with Gasteiger partial charge in [-0.25, -0.2) is 0 Å². The number of amides is 1. The molecule has 0 bridgehead atoms. The van der Waals surface area contributed by atoms with Gasteiger partial charge in [0.1, 0.15) is 0 Å². The summed E-state index contributed by atoms with van der Waals surface area (Å²) in [5.74, 6) is 2.82. The molecule has 0 aromatic carbocycles. The second-order valence-electron chi connectivity index (χ2n) is 12.0. The fraction of sp³-hybridized carbons (Fsp3) is 0.875. The van der Waals surface area contributed by atoms with Crippen LogP contribution in [-0.2, 0) is 9.36 Å². The molecule has 3 unspecified atom stereocenters. The highest BCUT2D eigenvalue weighted by Crippen LogP contribution is 2.66. The van der Waals surface area contributed by atoms with Gasteiger partial charge in [-0.1, -0.05) is 40.7 Å². The van der Waals surface area contributed by atoms with Crippen molar-refractivity contribution < 1.29 is 14.3 Å². The molecule has 8 atom stereocenters. The zero-order valence-corrected chi connectivity index (χ0v) is 19.9. The van der Waals surface area contributed by atoms with Gasteiger partial charge in [0.25, 0.3) is 0 Å². The van der Waals surface area contributed by atoms with E-state index < -0.39 is 8.03 Å². The van der Waals surface area contributed by atoms with Crippen LogP contribution in [0.4, 0.5) is 0 Å². The van der Waals surface area contributed by atoms with Gasteiger partial charge in [-0.2, -0.15) is 0 Å². The van der Waals surface area contributed by atoms with Crippen molar-refractivity contribution in [2.75, 3.05) is 0 Å². The van der Waals surface area contributed by atoms with Gasteiger partial charge in [0.15, 0.2) is 0 Å². The highest BCUT2D eigenvalue weighted by Gasteiger charge is 2.60. The number of hydrogen-bond acceptors (Lipinski definition) is 2. The third-order valence-electron chi connectivity index (χ3n) is 9.54. The van der Waals surface area contributed by atoms with Crippen LogP contribution in [0.25, 0.3) is 0 Å². The number of rotatable bonds is 2. The Balaban J connectivity index is 1.54. The Bertz CT molecular complexity index is 741. The molecule has 1 amide bonds. The Kier molecular flexibility index (Phi) is 5.39. The Labute approximate surface area is 177 Å². The Morgan fingerprint density at radius 1 is 1.07 bits per heavy atom. The number of carbonyl (C=O) groups is 1. The van der Waals surface area contributed by atoms with Crippen LogP contribution >= 0.6 is 8.03 Å². The van der Waals surface area contributed by atoms with Crippen molar-refractivity contribution in [3.8, 4) is 0 Å². The van der Waals surface area contributed by atoms with E-state index in [0.717, 1.165) is 42.8 Å². The minimum absolute atomic E-state index is 0.186. The molecule has 0 heterocycles. The first-order valence-corrected chi connectivity index (χ1v) is 13.1. The standard InChI is InChI=1S/C24H40NO3P/c1-22(2,3)21(26)25-20-9-8-18-17-7-6-15-14-16(29(27)28)10-12-23(15,4)19(17)11-13-24(18,20)5/h14-15,17-20,29H,6-13H2,1-5H3,(H,25,26)(H,27,28)/t15?,17-,18-,19+,20?,23-,24-/m0/s1. The third kappa shape index (κ3) is 3.47. The molecule has 0 aromatic rings. The largest absolute Gasteiger partial charge is 0.352 e. The van der Waals surface area contributed by atoms with Gasteiger partial charge in [-0.3, -0.25) is 9.36 Å². The summed E-state index contributed by atoms with van der Waals surface area (Å²) in [6.45, 7) is 10.9. The van der Waals surface area contributed by atoms with Crippen LogP contribution in [-0.4, -0.2) is 16.8 Å². The summed E-state index contributed by atoms with van der Waals surface area (Å²) in [4.78, 5) is 22.3. The first kappa shape index (κ1) is 21.6. The number of nitrogens with one attached hydrogen (secondary N) is 1. The summed E-state index contributed by atoms with van der Waals surface area (Å²) in [5, 5.41) is 4.25. The van der Waals surface area contributed by atoms with Gasteiger partial charge in [-0.05, 0) is 85.9 Å². The van der Waals surface area contributed by atoms with Gasteiger partial charge in [0, 0.05) is 16.8 Å². The lowest BCUT2D eigenvalue weighted by molar-refractivity contribution is -0.131. The topological polar surface area (TPSA) is 66.4 Å². The van der Waals surface area contributed by atoms with Crippen molar-refractivity contribution in [3.63, 3.8) is 0 Å². The summed E-state index contributed by atoms with van der Waals surface area (Å²) >= 11 is 0. The first-order chi connectivity index (χ1) is 13.5. The molecule has 0 spiro atoms. The Morgan fingerprint density at radius 2 is 1.76 bits per heavy atom. The van der Waals surface area contributed by atoms with Crippen molar-refractivity contribution in [2.24, 2.45) is 39.9 Å². The Morgan fingerprint density at radius 3 is 2.41 bits per heavy atom. The molecule has 5 heteroatoms. The van der Waals surface area contributed by atoms with E-state index in [2.05, 4.69) is 25.2 Å². The zero-order valence-electron chi connectivity index (χ0n) is 18.9. The highest BCUT2D eigenvalue weighted by atomic mass is 31.1. The molecule has 164 valence electrons. The van der Waals surface area contributed by atoms with E-state index in [1.165, 1.54) is 25.7 Å². The molecular formula is C24H40NO3P. The lowest BCUT2D eigenvalue weighted by Crippen LogP contribution is -2.55. The zero-order chi connectivity index (χ0) is 21.2. The van der Waals surface area contributed by atoms with Crippen molar-refractivity contribution in [2.45, 2.75) is 92.0 Å². The molecule has 4 aliphatic rings. The van der Waals surface area contributed by atoms with E-state index in [-0.39, 0.29) is 22.2 Å². The summed E-state index contributed by atoms with van der Waals surface area (Å²) in [5.41, 5.74) is 0.160. The monoisotopic (exact) mass is 421 g/mol. The van der Waals surface area contributed by atoms with Crippen molar-refractivity contribution >= 4 is 13.9 Å². The van der Waals surface area contributed by atoms with Crippen molar-refractivity contribution in [1.82, 2.24) is 5.32 Å². The maximum atomic E-state index is 12.7. The molecule has 3 fully saturated rings. The molecule has 3 saturated carbocycles. The molecule has 4 aliphatic carbocycles. The molecule has 0 aromatic heterocycles. The smallest absolute Gasteiger partial charge is 0.225 e. The van der Waals surface area contributed by atoms with Gasteiger partial charge in [0.05, 0.1) is 0 Å². The number of allylic oxidation sites excluding steroid dienone is 2. The van der Waals surface area contributed by atoms with Crippen LogP contribution in [0, 0.1) is 39.9 Å². The van der Waals surface area contributed by atoms with Gasteiger partial charge < -0.3 is 10.2 Å². The molecule has 0 saturated heterocycles. The molecule has 0 aliphatic heterocycles. The van der Waals surface area contributed by atoms with E-state index in [4.69, 9.17) is 0 Å². The summed E-state index contributed by atoms with van der Waals surface area (Å²) in [6.07, 6.45) is 11.2. The van der Waals surface area contributed by atoms with E-state index in [1.807, 2.05) is 20.8 Å². The van der Waals surface area contributed by atoms with E-state index in [0.29, 0.717) is 17.9 Å². The SMILES string of the molecule is CC(C)(C)C(=O)NC1CC[C@H]2[C@@H]3CCC4C=C([PH](=O)O)CC[C@]4(C)[C@@H]3CC[C@]12C. The maximum absolute atomic E-state index is 12.7. The fourth-order valence-corrected chi connectivity index (χ4v) is 8.33. The van der Waals surface area contributed by atoms with Crippen LogP contribution < -0.4 is 5.32 Å². The van der Waals surface area contributed by atoms with Gasteiger partial charge in [0.2, 0.25) is 13.9 Å². The van der Waals surface area contributed by atoms with Crippen LogP contribution in [0.1, 0.15) is 86.0 Å². The van der Waals surface area contributed by atoms with Crippen LogP contribution in [0.3, 0.4) is 0 Å². The lowest BCUT2D eigenvalue weighted by Gasteiger charge is -2.59.